The Labute approximate surface area is 246 Å². The van der Waals surface area contributed by atoms with Crippen LogP contribution in [0.5, 0.6) is 0 Å². The Morgan fingerprint density at radius 3 is 2.58 bits per heavy atom. The molecule has 2 amide bonds. The lowest BCUT2D eigenvalue weighted by molar-refractivity contribution is 0.0492. The van der Waals surface area contributed by atoms with Gasteiger partial charge in [-0.05, 0) is 63.3 Å². The monoisotopic (exact) mass is 587 g/mol. The van der Waals surface area contributed by atoms with E-state index in [2.05, 4.69) is 15.3 Å². The van der Waals surface area contributed by atoms with Crippen molar-refractivity contribution in [2.45, 2.75) is 76.0 Å². The number of halogens is 2. The maximum atomic E-state index is 13.6. The molecule has 2 bridgehead atoms. The van der Waals surface area contributed by atoms with Gasteiger partial charge in [0.2, 0.25) is 6.43 Å². The average Bonchev–Trinajstić information content (AvgIpc) is 3.52. The van der Waals surface area contributed by atoms with Gasteiger partial charge in [0.25, 0.3) is 5.91 Å². The number of aromatic nitrogens is 5. The van der Waals surface area contributed by atoms with Crippen molar-refractivity contribution in [2.24, 2.45) is 0 Å². The number of carbonyl (C=O) groups is 2. The van der Waals surface area contributed by atoms with Crippen molar-refractivity contribution >= 4 is 17.6 Å². The summed E-state index contributed by atoms with van der Waals surface area (Å²) < 4.78 is 34.3. The second-order valence-corrected chi connectivity index (χ2v) is 12.6. The summed E-state index contributed by atoms with van der Waals surface area (Å²) in [6.07, 6.45) is 3.68. The lowest BCUT2D eigenvalue weighted by Gasteiger charge is -2.23. The molecule has 1 N–H and O–H groups in total. The van der Waals surface area contributed by atoms with E-state index in [0.717, 1.165) is 11.3 Å². The molecule has 1 aromatic carbocycles. The van der Waals surface area contributed by atoms with Crippen molar-refractivity contribution in [2.75, 3.05) is 7.05 Å². The topological polar surface area (TPSA) is 115 Å². The Bertz CT molecular complexity index is 1780. The van der Waals surface area contributed by atoms with Crippen molar-refractivity contribution in [3.8, 4) is 11.3 Å². The zero-order valence-electron chi connectivity index (χ0n) is 24.3. The molecular weight excluding hydrogens is 556 g/mol. The van der Waals surface area contributed by atoms with Crippen LogP contribution in [0.4, 0.5) is 13.6 Å². The van der Waals surface area contributed by atoms with Crippen LogP contribution in [0.3, 0.4) is 0 Å². The lowest BCUT2D eigenvalue weighted by Crippen LogP contribution is -2.40. The fraction of sp³-hybridized carbons (Fsp3) is 0.419. The number of benzene rings is 1. The lowest BCUT2D eigenvalue weighted by atomic mass is 9.85. The van der Waals surface area contributed by atoms with E-state index in [1.807, 2.05) is 26.8 Å². The summed E-state index contributed by atoms with van der Waals surface area (Å²) in [4.78, 5) is 41.5. The van der Waals surface area contributed by atoms with Crippen LogP contribution in [0.25, 0.3) is 16.9 Å². The number of hydrogen-bond acceptors (Lipinski definition) is 7. The highest BCUT2D eigenvalue weighted by Gasteiger charge is 2.49. The molecule has 4 heterocycles. The van der Waals surface area contributed by atoms with Gasteiger partial charge in [-0.25, -0.2) is 33.0 Å². The molecule has 4 aromatic rings. The van der Waals surface area contributed by atoms with Crippen LogP contribution in [0.1, 0.15) is 90.6 Å². The van der Waals surface area contributed by atoms with Crippen LogP contribution in [-0.4, -0.2) is 60.5 Å². The smallest absolute Gasteiger partial charge is 0.408 e. The SMILES string of the molecule is CN1C(=O)c2cccc(CC(F)F)c2[C@H]2C[C@@H]1c1nn3ccc(-c4cnc(C5(NC(=O)OC(C)(C)C)CC5)nc4)nc3c12. The summed E-state index contributed by atoms with van der Waals surface area (Å²) in [5.41, 5.74) is 3.80. The predicted molar refractivity (Wildman–Crippen MR) is 152 cm³/mol. The second-order valence-electron chi connectivity index (χ2n) is 12.6. The fourth-order valence-corrected chi connectivity index (χ4v) is 6.38. The van der Waals surface area contributed by atoms with Crippen LogP contribution in [-0.2, 0) is 16.7 Å². The fourth-order valence-electron chi connectivity index (χ4n) is 6.38. The van der Waals surface area contributed by atoms with Crippen LogP contribution >= 0.6 is 0 Å². The Hall–Kier alpha value is -4.48. The van der Waals surface area contributed by atoms with Crippen LogP contribution in [0.2, 0.25) is 0 Å². The molecular formula is C31H31F2N7O3. The standard InChI is InChI=1S/C31H31F2N7O3/c1-30(2,3)43-29(42)37-31(9-10-31)28-34-14-17(15-35-28)20-8-11-40-26(36-20)24-19-13-21(25(24)38-40)39(4)27(41)18-7-5-6-16(23(18)19)12-22(32)33/h5-8,11,14-15,19,21-22H,9-10,12-13H2,1-4H3,(H,37,42)/t19-,21-/m1/s1. The van der Waals surface area contributed by atoms with Gasteiger partial charge in [0, 0.05) is 54.7 Å². The van der Waals surface area contributed by atoms with E-state index in [1.165, 1.54) is 0 Å². The summed E-state index contributed by atoms with van der Waals surface area (Å²) in [7, 11) is 1.74. The number of alkyl halides is 2. The van der Waals surface area contributed by atoms with Crippen LogP contribution < -0.4 is 5.32 Å². The van der Waals surface area contributed by atoms with E-state index in [0.29, 0.717) is 58.7 Å². The number of hydrogen-bond donors (Lipinski definition) is 1. The molecule has 222 valence electrons. The molecule has 3 aromatic heterocycles. The molecule has 2 atom stereocenters. The van der Waals surface area contributed by atoms with Crippen molar-refractivity contribution in [3.63, 3.8) is 0 Å². The van der Waals surface area contributed by atoms with Crippen LogP contribution in [0.15, 0.2) is 42.9 Å². The van der Waals surface area contributed by atoms with Gasteiger partial charge in [0.15, 0.2) is 11.5 Å². The minimum Gasteiger partial charge on any atom is -0.444 e. The summed E-state index contributed by atoms with van der Waals surface area (Å²) in [5, 5.41) is 7.71. The molecule has 2 aliphatic carbocycles. The third-order valence-corrected chi connectivity index (χ3v) is 8.48. The number of carbonyl (C=O) groups excluding carboxylic acids is 2. The second kappa shape index (κ2) is 9.51. The van der Waals surface area contributed by atoms with Crippen molar-refractivity contribution in [1.29, 1.82) is 0 Å². The summed E-state index contributed by atoms with van der Waals surface area (Å²) in [5.74, 6) is 0.0162. The van der Waals surface area contributed by atoms with Gasteiger partial charge in [-0.15, -0.1) is 0 Å². The maximum Gasteiger partial charge on any atom is 0.408 e. The Morgan fingerprint density at radius 2 is 1.91 bits per heavy atom. The number of nitrogens with one attached hydrogen (secondary N) is 1. The van der Waals surface area contributed by atoms with E-state index in [-0.39, 0.29) is 17.9 Å². The Morgan fingerprint density at radius 1 is 1.16 bits per heavy atom. The summed E-state index contributed by atoms with van der Waals surface area (Å²) in [6, 6.07) is 6.60. The minimum atomic E-state index is -2.54. The van der Waals surface area contributed by atoms with Gasteiger partial charge in [0.1, 0.15) is 11.1 Å². The Kier molecular flexibility index (Phi) is 6.05. The van der Waals surface area contributed by atoms with Crippen molar-refractivity contribution in [3.05, 3.63) is 76.6 Å². The predicted octanol–water partition coefficient (Wildman–Crippen LogP) is 5.17. The largest absolute Gasteiger partial charge is 0.444 e. The van der Waals surface area contributed by atoms with Gasteiger partial charge >= 0.3 is 6.09 Å². The molecule has 0 spiro atoms. The molecule has 0 saturated heterocycles. The molecule has 3 aliphatic rings. The molecule has 7 rings (SSSR count). The quantitative estimate of drug-likeness (QED) is 0.343. The molecule has 1 saturated carbocycles. The zero-order valence-corrected chi connectivity index (χ0v) is 24.3. The molecule has 12 heteroatoms. The first-order valence-corrected chi connectivity index (χ1v) is 14.3. The molecule has 10 nitrogen and oxygen atoms in total. The first kappa shape index (κ1) is 27.4. The number of fused-ring (bicyclic) bond motifs is 9. The van der Waals surface area contributed by atoms with Gasteiger partial charge in [-0.1, -0.05) is 12.1 Å². The number of nitrogens with zero attached hydrogens (tertiary/aromatic N) is 6. The number of rotatable bonds is 5. The van der Waals surface area contributed by atoms with E-state index < -0.39 is 30.1 Å². The Balaban J connectivity index is 1.25. The summed E-state index contributed by atoms with van der Waals surface area (Å²) >= 11 is 0. The number of ether oxygens (including phenoxy) is 1. The van der Waals surface area contributed by atoms with E-state index in [1.54, 1.807) is 53.3 Å². The van der Waals surface area contributed by atoms with Gasteiger partial charge in [-0.3, -0.25) is 4.79 Å². The van der Waals surface area contributed by atoms with Gasteiger partial charge in [0.05, 0.1) is 17.4 Å². The third-order valence-electron chi connectivity index (χ3n) is 8.48. The minimum absolute atomic E-state index is 0.193. The maximum absolute atomic E-state index is 13.6. The zero-order chi connectivity index (χ0) is 30.3. The van der Waals surface area contributed by atoms with Crippen molar-refractivity contribution in [1.82, 2.24) is 34.8 Å². The molecule has 0 unspecified atom stereocenters. The molecule has 1 fully saturated rings. The van der Waals surface area contributed by atoms with Gasteiger partial charge < -0.3 is 15.0 Å². The summed E-state index contributed by atoms with van der Waals surface area (Å²) in [6.45, 7) is 5.43. The highest BCUT2D eigenvalue weighted by molar-refractivity contribution is 5.98. The normalized spacial score (nSPS) is 20.2. The molecule has 1 aliphatic heterocycles. The average molecular weight is 588 g/mol. The van der Waals surface area contributed by atoms with Crippen molar-refractivity contribution < 1.29 is 23.1 Å². The molecule has 43 heavy (non-hydrogen) atoms. The van der Waals surface area contributed by atoms with Gasteiger partial charge in [-0.2, -0.15) is 5.10 Å². The highest BCUT2D eigenvalue weighted by Crippen LogP contribution is 2.52. The van der Waals surface area contributed by atoms with E-state index in [4.69, 9.17) is 14.8 Å². The van der Waals surface area contributed by atoms with E-state index in [9.17, 15) is 18.4 Å². The first-order valence-electron chi connectivity index (χ1n) is 14.3. The van der Waals surface area contributed by atoms with E-state index >= 15 is 0 Å². The number of alkyl carbamates (subject to hydrolysis) is 1. The third kappa shape index (κ3) is 4.59. The van der Waals surface area contributed by atoms with Crippen LogP contribution in [0, 0.1) is 0 Å². The first-order chi connectivity index (χ1) is 20.4. The highest BCUT2D eigenvalue weighted by atomic mass is 19.3. The number of amides is 2. The molecule has 0 radical (unpaired) electrons.